The Bertz CT molecular complexity index is 595. The van der Waals surface area contributed by atoms with Gasteiger partial charge >= 0.3 is 5.97 Å². The van der Waals surface area contributed by atoms with E-state index in [1.165, 1.54) is 18.5 Å². The standard InChI is InChI=1S/C11H6BrFN2O2S/c12-9-6(11(16)17)1-2-7(10(9)13)18-8-3-4-14-5-15-8/h1-5H,(H,16,17). The molecule has 0 unspecified atom stereocenters. The Kier molecular flexibility index (Phi) is 3.93. The van der Waals surface area contributed by atoms with Crippen molar-refractivity contribution in [3.05, 3.63) is 46.6 Å². The maximum absolute atomic E-state index is 13.9. The first-order chi connectivity index (χ1) is 8.59. The number of hydrogen-bond donors (Lipinski definition) is 1. The molecular weight excluding hydrogens is 323 g/mol. The number of aromatic nitrogens is 2. The molecule has 2 aromatic rings. The molecule has 1 heterocycles. The van der Waals surface area contributed by atoms with Gasteiger partial charge in [-0.1, -0.05) is 11.8 Å². The van der Waals surface area contributed by atoms with Crippen LogP contribution in [0.15, 0.2) is 45.1 Å². The Morgan fingerprint density at radius 3 is 2.78 bits per heavy atom. The second-order valence-corrected chi connectivity index (χ2v) is 5.05. The minimum Gasteiger partial charge on any atom is -0.478 e. The lowest BCUT2D eigenvalue weighted by atomic mass is 10.2. The molecule has 92 valence electrons. The lowest BCUT2D eigenvalue weighted by Gasteiger charge is -2.06. The highest BCUT2D eigenvalue weighted by Gasteiger charge is 2.16. The molecule has 0 bridgehead atoms. The third-order valence-electron chi connectivity index (χ3n) is 2.05. The molecular formula is C11H6BrFN2O2S. The van der Waals surface area contributed by atoms with Gasteiger partial charge in [0.25, 0.3) is 0 Å². The number of carboxylic acid groups (broad SMARTS) is 1. The largest absolute Gasteiger partial charge is 0.478 e. The molecule has 4 nitrogen and oxygen atoms in total. The highest BCUT2D eigenvalue weighted by atomic mass is 79.9. The number of carboxylic acids is 1. The molecule has 18 heavy (non-hydrogen) atoms. The normalized spacial score (nSPS) is 10.3. The highest BCUT2D eigenvalue weighted by Crippen LogP contribution is 2.33. The van der Waals surface area contributed by atoms with Crippen molar-refractivity contribution >= 4 is 33.7 Å². The van der Waals surface area contributed by atoms with Crippen LogP contribution in [0, 0.1) is 5.82 Å². The summed E-state index contributed by atoms with van der Waals surface area (Å²) >= 11 is 4.04. The van der Waals surface area contributed by atoms with Gasteiger partial charge < -0.3 is 5.11 Å². The van der Waals surface area contributed by atoms with Gasteiger partial charge in [-0.3, -0.25) is 0 Å². The second-order valence-electron chi connectivity index (χ2n) is 3.19. The number of nitrogens with zero attached hydrogens (tertiary/aromatic N) is 2. The fourth-order valence-electron chi connectivity index (χ4n) is 1.23. The van der Waals surface area contributed by atoms with Crippen LogP contribution in [0.2, 0.25) is 0 Å². The molecule has 2 rings (SSSR count). The quantitative estimate of drug-likeness (QED) is 0.876. The molecule has 0 spiro atoms. The summed E-state index contributed by atoms with van der Waals surface area (Å²) < 4.78 is 13.9. The predicted molar refractivity (Wildman–Crippen MR) is 67.2 cm³/mol. The average Bonchev–Trinajstić information content (AvgIpc) is 2.36. The summed E-state index contributed by atoms with van der Waals surface area (Å²) in [6.07, 6.45) is 2.91. The van der Waals surface area contributed by atoms with E-state index in [4.69, 9.17) is 5.11 Å². The van der Waals surface area contributed by atoms with Crippen LogP contribution in [0.5, 0.6) is 0 Å². The number of hydrogen-bond acceptors (Lipinski definition) is 4. The lowest BCUT2D eigenvalue weighted by Crippen LogP contribution is -2.00. The third-order valence-corrected chi connectivity index (χ3v) is 3.81. The van der Waals surface area contributed by atoms with Crippen LogP contribution in [0.4, 0.5) is 4.39 Å². The van der Waals surface area contributed by atoms with E-state index in [9.17, 15) is 9.18 Å². The second kappa shape index (κ2) is 5.45. The molecule has 1 aromatic carbocycles. The van der Waals surface area contributed by atoms with Crippen molar-refractivity contribution in [3.63, 3.8) is 0 Å². The summed E-state index contributed by atoms with van der Waals surface area (Å²) in [4.78, 5) is 18.8. The number of halogens is 2. The maximum atomic E-state index is 13.9. The summed E-state index contributed by atoms with van der Waals surface area (Å²) in [6.45, 7) is 0. The monoisotopic (exact) mass is 328 g/mol. The Hall–Kier alpha value is -1.47. The molecule has 0 saturated carbocycles. The molecule has 1 N–H and O–H groups in total. The topological polar surface area (TPSA) is 63.1 Å². The van der Waals surface area contributed by atoms with E-state index in [1.807, 2.05) is 0 Å². The molecule has 0 radical (unpaired) electrons. The summed E-state index contributed by atoms with van der Waals surface area (Å²) in [5.41, 5.74) is -0.112. The van der Waals surface area contributed by atoms with Crippen molar-refractivity contribution < 1.29 is 14.3 Å². The number of rotatable bonds is 3. The first kappa shape index (κ1) is 13.0. The van der Waals surface area contributed by atoms with Gasteiger partial charge in [0.1, 0.15) is 11.4 Å². The SMILES string of the molecule is O=C(O)c1ccc(Sc2ccncn2)c(F)c1Br. The fourth-order valence-corrected chi connectivity index (χ4v) is 2.66. The molecule has 0 amide bonds. The summed E-state index contributed by atoms with van der Waals surface area (Å²) in [6, 6.07) is 4.40. The van der Waals surface area contributed by atoms with Crippen molar-refractivity contribution in [3.8, 4) is 0 Å². The molecule has 7 heteroatoms. The van der Waals surface area contributed by atoms with E-state index in [0.717, 1.165) is 11.8 Å². The van der Waals surface area contributed by atoms with Crippen LogP contribution in [0.1, 0.15) is 10.4 Å². The van der Waals surface area contributed by atoms with Crippen molar-refractivity contribution in [2.45, 2.75) is 9.92 Å². The third kappa shape index (κ3) is 2.68. The van der Waals surface area contributed by atoms with Gasteiger partial charge in [0, 0.05) is 6.20 Å². The van der Waals surface area contributed by atoms with Gasteiger partial charge in [-0.2, -0.15) is 0 Å². The predicted octanol–water partition coefficient (Wildman–Crippen LogP) is 3.23. The van der Waals surface area contributed by atoms with Crippen molar-refractivity contribution in [1.82, 2.24) is 9.97 Å². The molecule has 0 aliphatic heterocycles. The van der Waals surface area contributed by atoms with E-state index in [-0.39, 0.29) is 10.0 Å². The van der Waals surface area contributed by atoms with E-state index >= 15 is 0 Å². The molecule has 0 fully saturated rings. The van der Waals surface area contributed by atoms with Gasteiger partial charge in [-0.15, -0.1) is 0 Å². The summed E-state index contributed by atoms with van der Waals surface area (Å²) in [7, 11) is 0. The van der Waals surface area contributed by atoms with Gasteiger partial charge in [-0.05, 0) is 34.1 Å². The Morgan fingerprint density at radius 2 is 2.17 bits per heavy atom. The van der Waals surface area contributed by atoms with Crippen molar-refractivity contribution in [2.24, 2.45) is 0 Å². The van der Waals surface area contributed by atoms with E-state index < -0.39 is 11.8 Å². The van der Waals surface area contributed by atoms with E-state index in [2.05, 4.69) is 25.9 Å². The van der Waals surface area contributed by atoms with Crippen LogP contribution >= 0.6 is 27.7 Å². The molecule has 0 saturated heterocycles. The molecule has 0 atom stereocenters. The Labute approximate surface area is 114 Å². The smallest absolute Gasteiger partial charge is 0.336 e. The Balaban J connectivity index is 2.36. The number of carbonyl (C=O) groups is 1. The van der Waals surface area contributed by atoms with E-state index in [1.54, 1.807) is 12.3 Å². The fraction of sp³-hybridized carbons (Fsp3) is 0. The first-order valence-electron chi connectivity index (χ1n) is 4.74. The summed E-state index contributed by atoms with van der Waals surface area (Å²) in [5.74, 6) is -1.79. The maximum Gasteiger partial charge on any atom is 0.336 e. The van der Waals surface area contributed by atoms with Gasteiger partial charge in [0.05, 0.1) is 14.9 Å². The van der Waals surface area contributed by atoms with Crippen LogP contribution in [0.3, 0.4) is 0 Å². The highest BCUT2D eigenvalue weighted by molar-refractivity contribution is 9.10. The Morgan fingerprint density at radius 1 is 1.39 bits per heavy atom. The summed E-state index contributed by atoms with van der Waals surface area (Å²) in [5, 5.41) is 9.43. The first-order valence-corrected chi connectivity index (χ1v) is 6.35. The van der Waals surface area contributed by atoms with E-state index in [0.29, 0.717) is 9.92 Å². The number of benzene rings is 1. The number of aromatic carboxylic acids is 1. The van der Waals surface area contributed by atoms with Crippen molar-refractivity contribution in [1.29, 1.82) is 0 Å². The average molecular weight is 329 g/mol. The molecule has 0 aliphatic carbocycles. The minimum absolute atomic E-state index is 0.0611. The van der Waals surface area contributed by atoms with Crippen LogP contribution in [0.25, 0.3) is 0 Å². The van der Waals surface area contributed by atoms with Crippen LogP contribution in [-0.4, -0.2) is 21.0 Å². The van der Waals surface area contributed by atoms with Crippen LogP contribution in [-0.2, 0) is 0 Å². The van der Waals surface area contributed by atoms with Gasteiger partial charge in [-0.25, -0.2) is 19.2 Å². The van der Waals surface area contributed by atoms with Crippen LogP contribution < -0.4 is 0 Å². The minimum atomic E-state index is -1.18. The zero-order valence-electron chi connectivity index (χ0n) is 8.80. The zero-order valence-corrected chi connectivity index (χ0v) is 11.2. The molecule has 1 aromatic heterocycles. The van der Waals surface area contributed by atoms with Crippen molar-refractivity contribution in [2.75, 3.05) is 0 Å². The zero-order chi connectivity index (χ0) is 13.1. The lowest BCUT2D eigenvalue weighted by molar-refractivity contribution is 0.0695. The van der Waals surface area contributed by atoms with Gasteiger partial charge in [0.15, 0.2) is 5.82 Å². The molecule has 0 aliphatic rings. The van der Waals surface area contributed by atoms with Gasteiger partial charge in [0.2, 0.25) is 0 Å².